The van der Waals surface area contributed by atoms with Gasteiger partial charge in [0.25, 0.3) is 11.8 Å². The Morgan fingerprint density at radius 2 is 1.73 bits per heavy atom. The van der Waals surface area contributed by atoms with E-state index in [1.165, 1.54) is 24.4 Å². The summed E-state index contributed by atoms with van der Waals surface area (Å²) in [6.45, 7) is 5.39. The summed E-state index contributed by atoms with van der Waals surface area (Å²) in [6.07, 6.45) is 0.850. The van der Waals surface area contributed by atoms with Crippen LogP contribution in [0, 0.1) is 5.92 Å². The molecule has 0 radical (unpaired) electrons. The molecule has 2 rings (SSSR count). The Bertz CT molecular complexity index is 1030. The number of hydrogen-bond donors (Lipinski definition) is 3. The summed E-state index contributed by atoms with van der Waals surface area (Å²) in [5.74, 6) is -1.60. The van der Waals surface area contributed by atoms with E-state index in [4.69, 9.17) is 33.0 Å². The minimum Gasteiger partial charge on any atom is -0.479 e. The summed E-state index contributed by atoms with van der Waals surface area (Å²) in [5.41, 5.74) is 3.16. The quantitative estimate of drug-likeness (QED) is 0.339. The van der Waals surface area contributed by atoms with Crippen LogP contribution in [0.4, 0.5) is 0 Å². The molecule has 0 saturated carbocycles. The van der Waals surface area contributed by atoms with Crippen LogP contribution in [0.3, 0.4) is 0 Å². The molecule has 0 aromatic heterocycles. The van der Waals surface area contributed by atoms with Crippen LogP contribution in [0.2, 0.25) is 10.0 Å². The Morgan fingerprint density at radius 3 is 2.30 bits per heavy atom. The Hall–Kier alpha value is -3.10. The van der Waals surface area contributed by atoms with Crippen molar-refractivity contribution in [3.05, 3.63) is 63.6 Å². The lowest BCUT2D eigenvalue weighted by Crippen LogP contribution is -2.49. The summed E-state index contributed by atoms with van der Waals surface area (Å²) in [6, 6.07) is 9.81. The number of benzene rings is 2. The first-order valence-corrected chi connectivity index (χ1v) is 10.9. The number of amides is 2. The molecule has 3 N–H and O–H groups in total. The molecule has 0 saturated heterocycles. The summed E-state index contributed by atoms with van der Waals surface area (Å²) in [4.78, 5) is 36.2. The molecule has 0 fully saturated rings. The zero-order chi connectivity index (χ0) is 24.5. The average molecular weight is 494 g/mol. The van der Waals surface area contributed by atoms with Crippen LogP contribution in [0.1, 0.15) is 43.1 Å². The number of rotatable bonds is 10. The molecule has 0 heterocycles. The van der Waals surface area contributed by atoms with Gasteiger partial charge in [-0.2, -0.15) is 5.10 Å². The predicted molar refractivity (Wildman–Crippen MR) is 127 cm³/mol. The van der Waals surface area contributed by atoms with Crippen molar-refractivity contribution in [2.24, 2.45) is 11.0 Å². The van der Waals surface area contributed by atoms with E-state index in [9.17, 15) is 14.4 Å². The molecule has 0 aliphatic carbocycles. The monoisotopic (exact) mass is 493 g/mol. The predicted octanol–water partition coefficient (Wildman–Crippen LogP) is 4.14. The smallest absolute Gasteiger partial charge is 0.335 e. The molecule has 33 heavy (non-hydrogen) atoms. The number of nitrogens with one attached hydrogen (secondary N) is 2. The van der Waals surface area contributed by atoms with Crippen LogP contribution >= 0.6 is 23.2 Å². The largest absolute Gasteiger partial charge is 0.479 e. The fourth-order valence-corrected chi connectivity index (χ4v) is 3.22. The van der Waals surface area contributed by atoms with Crippen molar-refractivity contribution >= 4 is 47.2 Å². The van der Waals surface area contributed by atoms with E-state index in [1.807, 2.05) is 13.8 Å². The summed E-state index contributed by atoms with van der Waals surface area (Å²) in [7, 11) is 0. The van der Waals surface area contributed by atoms with Crippen molar-refractivity contribution in [2.75, 3.05) is 0 Å². The molecule has 2 atom stereocenters. The van der Waals surface area contributed by atoms with Crippen molar-refractivity contribution < 1.29 is 24.2 Å². The molecule has 176 valence electrons. The molecule has 0 bridgehead atoms. The lowest BCUT2D eigenvalue weighted by atomic mass is 10.0. The van der Waals surface area contributed by atoms with Gasteiger partial charge in [0.05, 0.1) is 16.8 Å². The van der Waals surface area contributed by atoms with E-state index in [0.717, 1.165) is 0 Å². The van der Waals surface area contributed by atoms with Gasteiger partial charge >= 0.3 is 5.97 Å². The van der Waals surface area contributed by atoms with Gasteiger partial charge in [-0.15, -0.1) is 0 Å². The number of carbonyl (C=O) groups excluding carboxylic acids is 2. The SMILES string of the molecule is CC(C)C[C@@H](NC(=O)[C@@H](C)Oc1ccc(Cl)cc1Cl)C(=O)N/N=C\c1ccc(C(=O)O)cc1. The first-order chi connectivity index (χ1) is 15.6. The van der Waals surface area contributed by atoms with Crippen molar-refractivity contribution in [1.29, 1.82) is 0 Å². The summed E-state index contributed by atoms with van der Waals surface area (Å²) in [5, 5.41) is 16.2. The number of hydrazone groups is 1. The Morgan fingerprint density at radius 1 is 1.06 bits per heavy atom. The number of aromatic carboxylic acids is 1. The number of halogens is 2. The summed E-state index contributed by atoms with van der Waals surface area (Å²) < 4.78 is 5.61. The Kier molecular flexibility index (Phi) is 9.69. The zero-order valence-electron chi connectivity index (χ0n) is 18.3. The average Bonchev–Trinajstić information content (AvgIpc) is 2.75. The van der Waals surface area contributed by atoms with Gasteiger partial charge in [-0.3, -0.25) is 9.59 Å². The van der Waals surface area contributed by atoms with Gasteiger partial charge in [-0.05, 0) is 55.2 Å². The van der Waals surface area contributed by atoms with Gasteiger partial charge in [0, 0.05) is 5.02 Å². The highest BCUT2D eigenvalue weighted by molar-refractivity contribution is 6.35. The number of ether oxygens (including phenoxy) is 1. The van der Waals surface area contributed by atoms with E-state index >= 15 is 0 Å². The van der Waals surface area contributed by atoms with Gasteiger partial charge in [-0.1, -0.05) is 49.2 Å². The molecule has 2 aromatic rings. The molecule has 2 aromatic carbocycles. The topological polar surface area (TPSA) is 117 Å². The van der Waals surface area contributed by atoms with Crippen LogP contribution in [0.15, 0.2) is 47.6 Å². The van der Waals surface area contributed by atoms with E-state index in [0.29, 0.717) is 22.8 Å². The molecule has 0 aliphatic heterocycles. The molecule has 2 amide bonds. The third-order valence-electron chi connectivity index (χ3n) is 4.45. The van der Waals surface area contributed by atoms with E-state index in [2.05, 4.69) is 15.8 Å². The minimum absolute atomic E-state index is 0.121. The molecule has 8 nitrogen and oxygen atoms in total. The number of carboxylic acids is 1. The van der Waals surface area contributed by atoms with E-state index in [-0.39, 0.29) is 16.5 Å². The van der Waals surface area contributed by atoms with Gasteiger partial charge in [0.15, 0.2) is 6.10 Å². The van der Waals surface area contributed by atoms with Crippen molar-refractivity contribution in [3.63, 3.8) is 0 Å². The van der Waals surface area contributed by atoms with Crippen molar-refractivity contribution in [3.8, 4) is 5.75 Å². The number of carbonyl (C=O) groups is 3. The van der Waals surface area contributed by atoms with Crippen molar-refractivity contribution in [2.45, 2.75) is 39.3 Å². The maximum Gasteiger partial charge on any atom is 0.335 e. The van der Waals surface area contributed by atoms with E-state index in [1.54, 1.807) is 31.2 Å². The third kappa shape index (κ3) is 8.40. The second kappa shape index (κ2) is 12.2. The highest BCUT2D eigenvalue weighted by Gasteiger charge is 2.25. The first kappa shape index (κ1) is 26.2. The Balaban J connectivity index is 1.99. The molecular formula is C23H25Cl2N3O5. The van der Waals surface area contributed by atoms with Gasteiger partial charge < -0.3 is 15.2 Å². The van der Waals surface area contributed by atoms with Crippen LogP contribution in [-0.2, 0) is 9.59 Å². The second-order valence-corrected chi connectivity index (χ2v) is 8.53. The van der Waals surface area contributed by atoms with Gasteiger partial charge in [0.2, 0.25) is 0 Å². The number of hydrogen-bond acceptors (Lipinski definition) is 5. The van der Waals surface area contributed by atoms with Crippen molar-refractivity contribution in [1.82, 2.24) is 10.7 Å². The fraction of sp³-hybridized carbons (Fsp3) is 0.304. The van der Waals surface area contributed by atoms with E-state index < -0.39 is 29.9 Å². The normalized spacial score (nSPS) is 12.9. The Labute approximate surface area is 201 Å². The van der Waals surface area contributed by atoms with Gasteiger partial charge in [0.1, 0.15) is 11.8 Å². The fourth-order valence-electron chi connectivity index (χ4n) is 2.77. The highest BCUT2D eigenvalue weighted by atomic mass is 35.5. The molecule has 0 unspecified atom stereocenters. The molecule has 10 heteroatoms. The van der Waals surface area contributed by atoms with Crippen LogP contribution in [0.5, 0.6) is 5.75 Å². The molecular weight excluding hydrogens is 469 g/mol. The number of nitrogens with zero attached hydrogens (tertiary/aromatic N) is 1. The third-order valence-corrected chi connectivity index (χ3v) is 4.98. The minimum atomic E-state index is -1.03. The molecule has 0 spiro atoms. The van der Waals surface area contributed by atoms with Gasteiger partial charge in [-0.25, -0.2) is 10.2 Å². The summed E-state index contributed by atoms with van der Waals surface area (Å²) >= 11 is 12.0. The highest BCUT2D eigenvalue weighted by Crippen LogP contribution is 2.28. The maximum atomic E-state index is 12.6. The second-order valence-electron chi connectivity index (χ2n) is 7.69. The standard InChI is InChI=1S/C23H25Cl2N3O5/c1-13(2)10-19(22(30)28-26-12-15-4-6-16(7-5-15)23(31)32)27-21(29)14(3)33-20-9-8-17(24)11-18(20)25/h4-9,11-14,19H,10H2,1-3H3,(H,27,29)(H,28,30)(H,31,32)/b26-12-/t14-,19-/m1/s1. The van der Waals surface area contributed by atoms with Crippen LogP contribution in [-0.4, -0.2) is 41.3 Å². The maximum absolute atomic E-state index is 12.6. The molecule has 0 aliphatic rings. The van der Waals surface area contributed by atoms with Crippen LogP contribution in [0.25, 0.3) is 0 Å². The number of carboxylic acid groups (broad SMARTS) is 1. The zero-order valence-corrected chi connectivity index (χ0v) is 19.9. The lowest BCUT2D eigenvalue weighted by Gasteiger charge is -2.22. The lowest BCUT2D eigenvalue weighted by molar-refractivity contribution is -0.132. The first-order valence-electron chi connectivity index (χ1n) is 10.1. The van der Waals surface area contributed by atoms with Crippen LogP contribution < -0.4 is 15.5 Å².